The zero-order valence-corrected chi connectivity index (χ0v) is 11.2. The van der Waals surface area contributed by atoms with E-state index in [4.69, 9.17) is 4.74 Å². The summed E-state index contributed by atoms with van der Waals surface area (Å²) >= 11 is 0. The van der Waals surface area contributed by atoms with Crippen LogP contribution in [0.1, 0.15) is 45.4 Å². The Hall–Kier alpha value is -1.03. The molecule has 1 aliphatic carbocycles. The van der Waals surface area contributed by atoms with Gasteiger partial charge in [0, 0.05) is 13.2 Å². The minimum atomic E-state index is -0.0726. The maximum atomic E-state index is 11.7. The first-order valence-corrected chi connectivity index (χ1v) is 7.09. The number of amides is 2. The van der Waals surface area contributed by atoms with Gasteiger partial charge in [0.25, 0.3) is 0 Å². The predicted octanol–water partition coefficient (Wildman–Crippen LogP) is 2.35. The van der Waals surface area contributed by atoms with Crippen molar-refractivity contribution in [3.8, 4) is 0 Å². The van der Waals surface area contributed by atoms with Crippen molar-refractivity contribution in [1.82, 2.24) is 10.6 Å². The summed E-state index contributed by atoms with van der Waals surface area (Å²) in [7, 11) is 0. The van der Waals surface area contributed by atoms with Gasteiger partial charge >= 0.3 is 6.03 Å². The molecule has 1 aliphatic heterocycles. The molecular formula is C14H24N2O2. The van der Waals surface area contributed by atoms with Crippen LogP contribution in [0.15, 0.2) is 11.6 Å². The number of allylic oxidation sites excluding steroid dienone is 1. The molecule has 0 aromatic rings. The molecular weight excluding hydrogens is 228 g/mol. The molecule has 0 bridgehead atoms. The molecule has 4 nitrogen and oxygen atoms in total. The lowest BCUT2D eigenvalue weighted by atomic mass is 10.1. The molecule has 1 heterocycles. The van der Waals surface area contributed by atoms with Crippen molar-refractivity contribution in [3.63, 3.8) is 0 Å². The molecule has 1 fully saturated rings. The monoisotopic (exact) mass is 252 g/mol. The highest BCUT2D eigenvalue weighted by Crippen LogP contribution is 2.19. The van der Waals surface area contributed by atoms with Gasteiger partial charge in [0.05, 0.1) is 12.1 Å². The third-order valence-electron chi connectivity index (χ3n) is 3.75. The van der Waals surface area contributed by atoms with Crippen LogP contribution in [0.3, 0.4) is 0 Å². The Balaban J connectivity index is 1.59. The van der Waals surface area contributed by atoms with Crippen LogP contribution in [0, 0.1) is 0 Å². The summed E-state index contributed by atoms with van der Waals surface area (Å²) in [6.07, 6.45) is 9.32. The van der Waals surface area contributed by atoms with E-state index < -0.39 is 0 Å². The average molecular weight is 252 g/mol. The van der Waals surface area contributed by atoms with E-state index in [9.17, 15) is 4.79 Å². The molecule has 1 saturated heterocycles. The van der Waals surface area contributed by atoms with Gasteiger partial charge in [0.1, 0.15) is 0 Å². The Morgan fingerprint density at radius 2 is 2.44 bits per heavy atom. The summed E-state index contributed by atoms with van der Waals surface area (Å²) in [5, 5.41) is 5.87. The summed E-state index contributed by atoms with van der Waals surface area (Å²) < 4.78 is 5.55. The smallest absolute Gasteiger partial charge is 0.315 e. The molecule has 2 amide bonds. The first kappa shape index (κ1) is 13.4. The van der Waals surface area contributed by atoms with Crippen molar-refractivity contribution >= 4 is 6.03 Å². The largest absolute Gasteiger partial charge is 0.376 e. The van der Waals surface area contributed by atoms with Crippen LogP contribution in [0.25, 0.3) is 0 Å². The van der Waals surface area contributed by atoms with E-state index in [1.807, 2.05) is 6.92 Å². The lowest BCUT2D eigenvalue weighted by Crippen LogP contribution is -2.46. The van der Waals surface area contributed by atoms with Crippen molar-refractivity contribution in [2.24, 2.45) is 0 Å². The molecule has 2 rings (SSSR count). The molecule has 4 heteroatoms. The zero-order valence-electron chi connectivity index (χ0n) is 11.2. The van der Waals surface area contributed by atoms with Crippen molar-refractivity contribution in [2.75, 3.05) is 13.2 Å². The normalized spacial score (nSPS) is 24.7. The predicted molar refractivity (Wildman–Crippen MR) is 71.5 cm³/mol. The quantitative estimate of drug-likeness (QED) is 0.738. The van der Waals surface area contributed by atoms with E-state index in [-0.39, 0.29) is 18.2 Å². The number of urea groups is 1. The highest BCUT2D eigenvalue weighted by molar-refractivity contribution is 5.74. The maximum absolute atomic E-state index is 11.7. The molecule has 0 aromatic carbocycles. The van der Waals surface area contributed by atoms with Crippen molar-refractivity contribution in [1.29, 1.82) is 0 Å². The fourth-order valence-electron chi connectivity index (χ4n) is 2.65. The Morgan fingerprint density at radius 3 is 3.11 bits per heavy atom. The van der Waals surface area contributed by atoms with Crippen LogP contribution < -0.4 is 10.6 Å². The van der Waals surface area contributed by atoms with Crippen LogP contribution >= 0.6 is 0 Å². The first-order chi connectivity index (χ1) is 8.75. The number of rotatable bonds is 5. The van der Waals surface area contributed by atoms with Gasteiger partial charge in [-0.1, -0.05) is 11.6 Å². The minimum Gasteiger partial charge on any atom is -0.376 e. The molecule has 2 N–H and O–H groups in total. The zero-order chi connectivity index (χ0) is 12.8. The van der Waals surface area contributed by atoms with Crippen LogP contribution in [-0.4, -0.2) is 31.3 Å². The Morgan fingerprint density at radius 1 is 1.56 bits per heavy atom. The second-order valence-corrected chi connectivity index (χ2v) is 5.24. The molecule has 18 heavy (non-hydrogen) atoms. The number of hydrogen-bond acceptors (Lipinski definition) is 2. The molecule has 0 saturated carbocycles. The highest BCUT2D eigenvalue weighted by Gasteiger charge is 2.23. The van der Waals surface area contributed by atoms with Crippen LogP contribution in [0.4, 0.5) is 4.79 Å². The van der Waals surface area contributed by atoms with Gasteiger partial charge in [-0.05, 0) is 45.4 Å². The third kappa shape index (κ3) is 4.02. The molecule has 0 aromatic heterocycles. The summed E-state index contributed by atoms with van der Waals surface area (Å²) in [5.74, 6) is 0. The summed E-state index contributed by atoms with van der Waals surface area (Å²) in [4.78, 5) is 11.7. The average Bonchev–Trinajstić information content (AvgIpc) is 3.02. The Labute approximate surface area is 109 Å². The van der Waals surface area contributed by atoms with Gasteiger partial charge in [-0.2, -0.15) is 0 Å². The number of nitrogens with one attached hydrogen (secondary N) is 2. The van der Waals surface area contributed by atoms with E-state index in [2.05, 4.69) is 16.7 Å². The van der Waals surface area contributed by atoms with Gasteiger partial charge in [0.2, 0.25) is 0 Å². The van der Waals surface area contributed by atoms with Crippen molar-refractivity contribution < 1.29 is 9.53 Å². The highest BCUT2D eigenvalue weighted by atomic mass is 16.5. The summed E-state index contributed by atoms with van der Waals surface area (Å²) in [6.45, 7) is 3.57. The Kier molecular flexibility index (Phi) is 5.05. The van der Waals surface area contributed by atoms with Crippen LogP contribution in [0.5, 0.6) is 0 Å². The van der Waals surface area contributed by atoms with Crippen molar-refractivity contribution in [3.05, 3.63) is 11.6 Å². The first-order valence-electron chi connectivity index (χ1n) is 7.09. The van der Waals surface area contributed by atoms with Gasteiger partial charge < -0.3 is 15.4 Å². The van der Waals surface area contributed by atoms with Gasteiger partial charge in [-0.15, -0.1) is 0 Å². The van der Waals surface area contributed by atoms with Gasteiger partial charge in [0.15, 0.2) is 0 Å². The van der Waals surface area contributed by atoms with E-state index >= 15 is 0 Å². The SMILES string of the molecule is C[C@@H](NC(=O)NCCC1=CCCC1)[C@H]1CCCO1. The summed E-state index contributed by atoms with van der Waals surface area (Å²) in [6, 6.07) is 0.0230. The van der Waals surface area contributed by atoms with E-state index in [0.717, 1.165) is 32.4 Å². The second-order valence-electron chi connectivity index (χ2n) is 5.24. The number of hydrogen-bond donors (Lipinski definition) is 2. The number of carbonyl (C=O) groups is 1. The second kappa shape index (κ2) is 6.78. The number of ether oxygens (including phenoxy) is 1. The molecule has 2 atom stereocenters. The molecule has 0 radical (unpaired) electrons. The van der Waals surface area contributed by atoms with Crippen LogP contribution in [-0.2, 0) is 4.74 Å². The third-order valence-corrected chi connectivity index (χ3v) is 3.75. The minimum absolute atomic E-state index is 0.0726. The van der Waals surface area contributed by atoms with Gasteiger partial charge in [-0.25, -0.2) is 4.79 Å². The standard InChI is InChI=1S/C14H24N2O2/c1-11(13-7-4-10-18-13)16-14(17)15-9-8-12-5-2-3-6-12/h5,11,13H,2-4,6-10H2,1H3,(H2,15,16,17)/t11-,13-/m1/s1. The summed E-state index contributed by atoms with van der Waals surface area (Å²) in [5.41, 5.74) is 1.49. The number of carbonyl (C=O) groups excluding carboxylic acids is 1. The van der Waals surface area contributed by atoms with E-state index in [0.29, 0.717) is 0 Å². The lowest BCUT2D eigenvalue weighted by molar-refractivity contribution is 0.0860. The molecule has 2 aliphatic rings. The maximum Gasteiger partial charge on any atom is 0.315 e. The van der Waals surface area contributed by atoms with E-state index in [1.165, 1.54) is 24.8 Å². The lowest BCUT2D eigenvalue weighted by Gasteiger charge is -2.20. The Bertz CT molecular complexity index is 309. The van der Waals surface area contributed by atoms with Crippen LogP contribution in [0.2, 0.25) is 0 Å². The fraction of sp³-hybridized carbons (Fsp3) is 0.786. The van der Waals surface area contributed by atoms with Gasteiger partial charge in [-0.3, -0.25) is 0 Å². The fourth-order valence-corrected chi connectivity index (χ4v) is 2.65. The molecule has 102 valence electrons. The van der Waals surface area contributed by atoms with Crippen molar-refractivity contribution in [2.45, 2.75) is 57.6 Å². The topological polar surface area (TPSA) is 50.4 Å². The molecule has 0 spiro atoms. The molecule has 0 unspecified atom stereocenters. The van der Waals surface area contributed by atoms with E-state index in [1.54, 1.807) is 0 Å².